The van der Waals surface area contributed by atoms with E-state index in [-0.39, 0.29) is 17.2 Å². The first-order valence-electron chi connectivity index (χ1n) is 6.61. The van der Waals surface area contributed by atoms with Gasteiger partial charge in [-0.1, -0.05) is 18.2 Å². The number of carbonyl (C=O) groups excluding carboxylic acids is 1. The molecule has 22 heavy (non-hydrogen) atoms. The van der Waals surface area contributed by atoms with Crippen LogP contribution in [0.5, 0.6) is 0 Å². The summed E-state index contributed by atoms with van der Waals surface area (Å²) in [6, 6.07) is 12.7. The number of carbonyl (C=O) groups is 1. The van der Waals surface area contributed by atoms with Gasteiger partial charge in [0, 0.05) is 14.6 Å². The minimum Gasteiger partial charge on any atom is -0.320 e. The first-order valence-corrected chi connectivity index (χ1v) is 7.69. The monoisotopic (exact) mass is 405 g/mol. The minimum atomic E-state index is -0.350. The number of halogens is 1. The highest BCUT2D eigenvalue weighted by Crippen LogP contribution is 2.19. The Balaban J connectivity index is 2.03. The molecule has 2 aromatic carbocycles. The molecule has 1 amide bonds. The van der Waals surface area contributed by atoms with Gasteiger partial charge in [0.15, 0.2) is 5.69 Å². The van der Waals surface area contributed by atoms with Gasteiger partial charge in [-0.3, -0.25) is 9.59 Å². The number of amides is 1. The third-order valence-electron chi connectivity index (χ3n) is 3.35. The number of nitrogens with zero attached hydrogens (tertiary/aromatic N) is 1. The summed E-state index contributed by atoms with van der Waals surface area (Å²) in [5.41, 5.74) is 1.59. The lowest BCUT2D eigenvalue weighted by Crippen LogP contribution is -2.19. The summed E-state index contributed by atoms with van der Waals surface area (Å²) in [4.78, 5) is 24.2. The van der Waals surface area contributed by atoms with Crippen molar-refractivity contribution in [3.05, 3.63) is 67.6 Å². The molecule has 0 radical (unpaired) electrons. The summed E-state index contributed by atoms with van der Waals surface area (Å²) in [5.74, 6) is -0.350. The van der Waals surface area contributed by atoms with Crippen LogP contribution in [0.4, 0.5) is 5.69 Å². The molecule has 0 saturated heterocycles. The molecule has 0 aliphatic heterocycles. The van der Waals surface area contributed by atoms with Gasteiger partial charge in [-0.05, 0) is 59.3 Å². The zero-order valence-corrected chi connectivity index (χ0v) is 13.8. The minimum absolute atomic E-state index is 0.202. The Bertz CT molecular complexity index is 934. The lowest BCUT2D eigenvalue weighted by atomic mass is 10.1. The van der Waals surface area contributed by atoms with Gasteiger partial charge in [0.05, 0.1) is 5.39 Å². The van der Waals surface area contributed by atoms with Crippen LogP contribution in [0, 0.1) is 10.5 Å². The number of hydrogen-bond acceptors (Lipinski definition) is 3. The maximum Gasteiger partial charge on any atom is 0.276 e. The van der Waals surface area contributed by atoms with Gasteiger partial charge in [0.1, 0.15) is 0 Å². The summed E-state index contributed by atoms with van der Waals surface area (Å²) in [6.45, 7) is 1.93. The predicted molar refractivity (Wildman–Crippen MR) is 94.2 cm³/mol. The number of aryl methyl sites for hydroxylation is 1. The van der Waals surface area contributed by atoms with Crippen LogP contribution in [-0.2, 0) is 0 Å². The van der Waals surface area contributed by atoms with E-state index in [2.05, 4.69) is 38.1 Å². The molecule has 6 heteroatoms. The zero-order valence-electron chi connectivity index (χ0n) is 11.7. The molecule has 0 unspecified atom stereocenters. The smallest absolute Gasteiger partial charge is 0.276 e. The molecular formula is C16H12IN3O2. The molecule has 1 heterocycles. The first-order chi connectivity index (χ1) is 10.6. The molecule has 3 rings (SSSR count). The van der Waals surface area contributed by atoms with Crippen molar-refractivity contribution in [2.24, 2.45) is 0 Å². The second-order valence-electron chi connectivity index (χ2n) is 4.86. The highest BCUT2D eigenvalue weighted by atomic mass is 127. The Morgan fingerprint density at radius 1 is 1.18 bits per heavy atom. The predicted octanol–water partition coefficient (Wildman–Crippen LogP) is 3.09. The Morgan fingerprint density at radius 2 is 1.91 bits per heavy atom. The Kier molecular flexibility index (Phi) is 3.93. The molecular weight excluding hydrogens is 393 g/mol. The lowest BCUT2D eigenvalue weighted by Gasteiger charge is -2.09. The van der Waals surface area contributed by atoms with Crippen LogP contribution in [0.3, 0.4) is 0 Å². The molecule has 0 aliphatic rings. The Morgan fingerprint density at radius 3 is 2.64 bits per heavy atom. The van der Waals surface area contributed by atoms with E-state index in [4.69, 9.17) is 0 Å². The first kappa shape index (κ1) is 14.7. The molecule has 0 atom stereocenters. The lowest BCUT2D eigenvalue weighted by molar-refractivity contribution is 0.102. The summed E-state index contributed by atoms with van der Waals surface area (Å²) in [5, 5.41) is 10.1. The van der Waals surface area contributed by atoms with E-state index in [0.29, 0.717) is 10.8 Å². The van der Waals surface area contributed by atoms with E-state index in [1.165, 1.54) is 0 Å². The fourth-order valence-corrected chi connectivity index (χ4v) is 2.88. The van der Waals surface area contributed by atoms with Crippen LogP contribution in [0.2, 0.25) is 0 Å². The molecule has 0 fully saturated rings. The van der Waals surface area contributed by atoms with Crippen molar-refractivity contribution >= 4 is 45.0 Å². The van der Waals surface area contributed by atoms with Crippen LogP contribution in [0.1, 0.15) is 16.1 Å². The largest absolute Gasteiger partial charge is 0.320 e. The molecule has 0 spiro atoms. The Hall–Kier alpha value is -2.22. The van der Waals surface area contributed by atoms with Crippen molar-refractivity contribution < 1.29 is 4.79 Å². The SMILES string of the molecule is Cc1cc(I)ccc1NC(=O)c1n[nH]c(=O)c2ccccc12. The van der Waals surface area contributed by atoms with E-state index in [1.807, 2.05) is 25.1 Å². The Labute approximate surface area is 139 Å². The van der Waals surface area contributed by atoms with Gasteiger partial charge in [-0.2, -0.15) is 5.10 Å². The fourth-order valence-electron chi connectivity index (χ4n) is 2.24. The van der Waals surface area contributed by atoms with E-state index in [0.717, 1.165) is 14.8 Å². The van der Waals surface area contributed by atoms with Crippen LogP contribution in [-0.4, -0.2) is 16.1 Å². The topological polar surface area (TPSA) is 74.8 Å². The molecule has 110 valence electrons. The zero-order chi connectivity index (χ0) is 15.7. The van der Waals surface area contributed by atoms with E-state index < -0.39 is 0 Å². The third-order valence-corrected chi connectivity index (χ3v) is 4.02. The molecule has 5 nitrogen and oxygen atoms in total. The molecule has 0 bridgehead atoms. The second-order valence-corrected chi connectivity index (χ2v) is 6.11. The van der Waals surface area contributed by atoms with Gasteiger partial charge in [-0.25, -0.2) is 5.10 Å². The van der Waals surface area contributed by atoms with Gasteiger partial charge in [-0.15, -0.1) is 0 Å². The van der Waals surface area contributed by atoms with Crippen molar-refractivity contribution in [1.29, 1.82) is 0 Å². The van der Waals surface area contributed by atoms with Gasteiger partial charge < -0.3 is 5.32 Å². The molecule has 0 saturated carbocycles. The van der Waals surface area contributed by atoms with Crippen LogP contribution >= 0.6 is 22.6 Å². The summed E-state index contributed by atoms with van der Waals surface area (Å²) in [6.07, 6.45) is 0. The van der Waals surface area contributed by atoms with Gasteiger partial charge in [0.25, 0.3) is 11.5 Å². The number of nitrogens with one attached hydrogen (secondary N) is 2. The maximum absolute atomic E-state index is 12.5. The summed E-state index contributed by atoms with van der Waals surface area (Å²) < 4.78 is 1.10. The number of rotatable bonds is 2. The van der Waals surface area contributed by atoms with Crippen molar-refractivity contribution in [3.63, 3.8) is 0 Å². The van der Waals surface area contributed by atoms with Crippen molar-refractivity contribution in [2.45, 2.75) is 6.92 Å². The average Bonchev–Trinajstić information content (AvgIpc) is 2.50. The van der Waals surface area contributed by atoms with Crippen molar-refractivity contribution in [1.82, 2.24) is 10.2 Å². The van der Waals surface area contributed by atoms with Crippen molar-refractivity contribution in [3.8, 4) is 0 Å². The van der Waals surface area contributed by atoms with Crippen molar-refractivity contribution in [2.75, 3.05) is 5.32 Å². The summed E-state index contributed by atoms with van der Waals surface area (Å²) in [7, 11) is 0. The molecule has 3 aromatic rings. The van der Waals surface area contributed by atoms with Gasteiger partial charge >= 0.3 is 0 Å². The summed E-state index contributed by atoms with van der Waals surface area (Å²) >= 11 is 2.22. The number of hydrogen-bond donors (Lipinski definition) is 2. The number of aromatic amines is 1. The second kappa shape index (κ2) is 5.88. The van der Waals surface area contributed by atoms with E-state index >= 15 is 0 Å². The quantitative estimate of drug-likeness (QED) is 0.644. The average molecular weight is 405 g/mol. The number of H-pyrrole nitrogens is 1. The molecule has 0 aliphatic carbocycles. The number of aromatic nitrogens is 2. The third kappa shape index (κ3) is 2.74. The highest BCUT2D eigenvalue weighted by molar-refractivity contribution is 14.1. The van der Waals surface area contributed by atoms with Crippen LogP contribution in [0.25, 0.3) is 10.8 Å². The molecule has 2 N–H and O–H groups in total. The maximum atomic E-state index is 12.5. The normalized spacial score (nSPS) is 10.6. The van der Waals surface area contributed by atoms with E-state index in [9.17, 15) is 9.59 Å². The number of benzene rings is 2. The van der Waals surface area contributed by atoms with Crippen LogP contribution in [0.15, 0.2) is 47.3 Å². The standard InChI is InChI=1S/C16H12IN3O2/c1-9-8-10(17)6-7-13(9)18-16(22)14-11-4-2-3-5-12(11)15(21)20-19-14/h2-8H,1H3,(H,18,22)(H,20,21). The van der Waals surface area contributed by atoms with Gasteiger partial charge in [0.2, 0.25) is 0 Å². The highest BCUT2D eigenvalue weighted by Gasteiger charge is 2.14. The number of fused-ring (bicyclic) bond motifs is 1. The van der Waals surface area contributed by atoms with E-state index in [1.54, 1.807) is 24.3 Å². The van der Waals surface area contributed by atoms with Crippen LogP contribution < -0.4 is 10.9 Å². The fraction of sp³-hybridized carbons (Fsp3) is 0.0625. The molecule has 1 aromatic heterocycles. The number of anilines is 1.